The lowest BCUT2D eigenvalue weighted by atomic mass is 9.79. The number of hydrogen-bond donors (Lipinski definition) is 1. The van der Waals surface area contributed by atoms with Crippen LogP contribution in [-0.2, 0) is 6.42 Å². The molecular formula is C16H15N. The fourth-order valence-electron chi connectivity index (χ4n) is 3.39. The molecule has 0 aromatic heterocycles. The van der Waals surface area contributed by atoms with Crippen LogP contribution in [0.2, 0.25) is 0 Å². The molecule has 4 rings (SSSR count). The largest absolute Gasteiger partial charge is 0.377 e. The van der Waals surface area contributed by atoms with Crippen LogP contribution in [0.3, 0.4) is 0 Å². The highest BCUT2D eigenvalue weighted by Gasteiger charge is 2.36. The van der Waals surface area contributed by atoms with Gasteiger partial charge in [0.25, 0.3) is 0 Å². The highest BCUT2D eigenvalue weighted by Crippen LogP contribution is 2.49. The minimum atomic E-state index is 0.498. The highest BCUT2D eigenvalue weighted by molar-refractivity contribution is 5.62. The van der Waals surface area contributed by atoms with Crippen LogP contribution >= 0.6 is 0 Å². The topological polar surface area (TPSA) is 12.0 Å². The zero-order valence-electron chi connectivity index (χ0n) is 9.69. The molecule has 2 atom stereocenters. The van der Waals surface area contributed by atoms with Crippen LogP contribution in [0.5, 0.6) is 0 Å². The van der Waals surface area contributed by atoms with E-state index in [0.29, 0.717) is 12.0 Å². The number of para-hydroxylation sites is 1. The Labute approximate surface area is 101 Å². The third kappa shape index (κ3) is 1.25. The van der Waals surface area contributed by atoms with E-state index in [-0.39, 0.29) is 0 Å². The van der Waals surface area contributed by atoms with Crippen LogP contribution in [0.15, 0.2) is 48.5 Å². The molecular weight excluding hydrogens is 206 g/mol. The Bertz CT molecular complexity index is 573. The summed E-state index contributed by atoms with van der Waals surface area (Å²) in [5, 5.41) is 3.69. The molecule has 0 saturated carbocycles. The Morgan fingerprint density at radius 2 is 1.65 bits per heavy atom. The lowest BCUT2D eigenvalue weighted by molar-refractivity contribution is 0.536. The van der Waals surface area contributed by atoms with Crippen molar-refractivity contribution < 1.29 is 0 Å². The monoisotopic (exact) mass is 221 g/mol. The molecule has 1 aliphatic carbocycles. The average Bonchev–Trinajstić information content (AvgIpc) is 2.78. The summed E-state index contributed by atoms with van der Waals surface area (Å²) in [6, 6.07) is 18.1. The third-order valence-corrected chi connectivity index (χ3v) is 4.19. The smallest absolute Gasteiger partial charge is 0.0586 e. The van der Waals surface area contributed by atoms with E-state index in [9.17, 15) is 0 Å². The number of fused-ring (bicyclic) bond motifs is 5. The van der Waals surface area contributed by atoms with Crippen molar-refractivity contribution in [3.8, 4) is 0 Å². The summed E-state index contributed by atoms with van der Waals surface area (Å²) in [5.74, 6) is 0.668. The highest BCUT2D eigenvalue weighted by atomic mass is 15.0. The summed E-state index contributed by atoms with van der Waals surface area (Å²) in [4.78, 5) is 0. The average molecular weight is 221 g/mol. The minimum absolute atomic E-state index is 0.498. The van der Waals surface area contributed by atoms with E-state index < -0.39 is 0 Å². The summed E-state index contributed by atoms with van der Waals surface area (Å²) in [6.45, 7) is 0. The standard InChI is InChI=1S/C16H15N/c1-2-6-12-11(5-1)9-10-14-13-7-3-4-8-15(13)17-16(12)14/h1-8,14,16-17H,9-10H2/t14-,16-/m1/s1. The molecule has 1 aliphatic heterocycles. The SMILES string of the molecule is c1ccc2c(c1)CC[C@@H]1c3ccccc3N[C@H]21. The lowest BCUT2D eigenvalue weighted by Crippen LogP contribution is -2.19. The molecule has 2 aromatic rings. The van der Waals surface area contributed by atoms with Crippen molar-refractivity contribution in [2.45, 2.75) is 24.8 Å². The molecule has 2 aromatic carbocycles. The molecule has 0 amide bonds. The van der Waals surface area contributed by atoms with Crippen molar-refractivity contribution in [1.82, 2.24) is 0 Å². The van der Waals surface area contributed by atoms with Crippen molar-refractivity contribution in [2.24, 2.45) is 0 Å². The number of anilines is 1. The molecule has 1 N–H and O–H groups in total. The van der Waals surface area contributed by atoms with Crippen molar-refractivity contribution in [3.05, 3.63) is 65.2 Å². The molecule has 1 nitrogen and oxygen atoms in total. The van der Waals surface area contributed by atoms with Crippen LogP contribution < -0.4 is 5.32 Å². The van der Waals surface area contributed by atoms with Gasteiger partial charge in [-0.1, -0.05) is 42.5 Å². The van der Waals surface area contributed by atoms with Gasteiger partial charge in [0.1, 0.15) is 0 Å². The van der Waals surface area contributed by atoms with Gasteiger partial charge in [0.05, 0.1) is 6.04 Å². The van der Waals surface area contributed by atoms with Crippen molar-refractivity contribution in [2.75, 3.05) is 5.32 Å². The van der Waals surface area contributed by atoms with Crippen molar-refractivity contribution in [3.63, 3.8) is 0 Å². The fourth-order valence-corrected chi connectivity index (χ4v) is 3.39. The molecule has 1 heterocycles. The zero-order chi connectivity index (χ0) is 11.2. The second kappa shape index (κ2) is 3.36. The Hall–Kier alpha value is -1.76. The predicted molar refractivity (Wildman–Crippen MR) is 70.3 cm³/mol. The van der Waals surface area contributed by atoms with Crippen molar-refractivity contribution in [1.29, 1.82) is 0 Å². The van der Waals surface area contributed by atoms with E-state index in [0.717, 1.165) is 0 Å². The quantitative estimate of drug-likeness (QED) is 0.711. The fraction of sp³-hybridized carbons (Fsp3) is 0.250. The minimum Gasteiger partial charge on any atom is -0.377 e. The van der Waals surface area contributed by atoms with Gasteiger partial charge in [-0.3, -0.25) is 0 Å². The van der Waals surface area contributed by atoms with Gasteiger partial charge in [-0.15, -0.1) is 0 Å². The van der Waals surface area contributed by atoms with Gasteiger partial charge >= 0.3 is 0 Å². The number of benzene rings is 2. The Balaban J connectivity index is 1.85. The van der Waals surface area contributed by atoms with E-state index >= 15 is 0 Å². The number of hydrogen-bond acceptors (Lipinski definition) is 1. The molecule has 0 bridgehead atoms. The number of aryl methyl sites for hydroxylation is 1. The van der Waals surface area contributed by atoms with Crippen molar-refractivity contribution >= 4 is 5.69 Å². The Kier molecular flexibility index (Phi) is 1.84. The first-order valence-electron chi connectivity index (χ1n) is 6.37. The maximum Gasteiger partial charge on any atom is 0.0586 e. The van der Waals surface area contributed by atoms with Gasteiger partial charge in [0, 0.05) is 11.6 Å². The van der Waals surface area contributed by atoms with E-state index in [1.807, 2.05) is 0 Å². The molecule has 17 heavy (non-hydrogen) atoms. The molecule has 0 unspecified atom stereocenters. The first kappa shape index (κ1) is 9.29. The normalized spacial score (nSPS) is 24.5. The molecule has 0 fully saturated rings. The van der Waals surface area contributed by atoms with Crippen LogP contribution in [0.4, 0.5) is 5.69 Å². The summed E-state index contributed by atoms with van der Waals surface area (Å²) in [7, 11) is 0. The van der Waals surface area contributed by atoms with Gasteiger partial charge in [0.2, 0.25) is 0 Å². The first-order valence-corrected chi connectivity index (χ1v) is 6.37. The molecule has 2 aliphatic rings. The Morgan fingerprint density at radius 3 is 2.59 bits per heavy atom. The van der Waals surface area contributed by atoms with E-state index in [4.69, 9.17) is 0 Å². The maximum absolute atomic E-state index is 3.69. The Morgan fingerprint density at radius 1 is 0.882 bits per heavy atom. The zero-order valence-corrected chi connectivity index (χ0v) is 9.69. The molecule has 0 saturated heterocycles. The first-order chi connectivity index (χ1) is 8.43. The second-order valence-electron chi connectivity index (χ2n) is 5.05. The molecule has 0 radical (unpaired) electrons. The molecule has 0 spiro atoms. The van der Waals surface area contributed by atoms with Crippen LogP contribution in [-0.4, -0.2) is 0 Å². The summed E-state index contributed by atoms with van der Waals surface area (Å²) in [5.41, 5.74) is 5.86. The van der Waals surface area contributed by atoms with Gasteiger partial charge in [0.15, 0.2) is 0 Å². The third-order valence-electron chi connectivity index (χ3n) is 4.19. The summed E-state index contributed by atoms with van der Waals surface area (Å²) < 4.78 is 0. The van der Waals surface area contributed by atoms with Crippen LogP contribution in [0, 0.1) is 0 Å². The van der Waals surface area contributed by atoms with Gasteiger partial charge in [-0.25, -0.2) is 0 Å². The van der Waals surface area contributed by atoms with Gasteiger partial charge < -0.3 is 5.32 Å². The van der Waals surface area contributed by atoms with E-state index in [1.54, 1.807) is 0 Å². The van der Waals surface area contributed by atoms with Crippen LogP contribution in [0.25, 0.3) is 0 Å². The molecule has 1 heteroatoms. The second-order valence-corrected chi connectivity index (χ2v) is 5.05. The van der Waals surface area contributed by atoms with Gasteiger partial charge in [-0.05, 0) is 35.6 Å². The number of nitrogens with one attached hydrogen (secondary N) is 1. The lowest BCUT2D eigenvalue weighted by Gasteiger charge is -2.28. The maximum atomic E-state index is 3.69. The van der Waals surface area contributed by atoms with E-state index in [2.05, 4.69) is 53.8 Å². The molecule has 84 valence electrons. The number of rotatable bonds is 0. The van der Waals surface area contributed by atoms with Crippen LogP contribution in [0.1, 0.15) is 35.1 Å². The van der Waals surface area contributed by atoms with E-state index in [1.165, 1.54) is 35.2 Å². The predicted octanol–water partition coefficient (Wildman–Crippen LogP) is 3.88. The van der Waals surface area contributed by atoms with Gasteiger partial charge in [-0.2, -0.15) is 0 Å². The summed E-state index contributed by atoms with van der Waals surface area (Å²) >= 11 is 0. The summed E-state index contributed by atoms with van der Waals surface area (Å²) in [6.07, 6.45) is 2.49.